The van der Waals surface area contributed by atoms with Gasteiger partial charge >= 0.3 is 0 Å². The highest BCUT2D eigenvalue weighted by Gasteiger charge is 2.29. The van der Waals surface area contributed by atoms with Crippen LogP contribution < -0.4 is 14.9 Å². The van der Waals surface area contributed by atoms with Gasteiger partial charge in [-0.3, -0.25) is 9.59 Å². The Hall–Kier alpha value is -2.71. The number of hydrogen-bond donors (Lipinski definition) is 2. The third-order valence-electron chi connectivity index (χ3n) is 5.84. The van der Waals surface area contributed by atoms with E-state index in [0.29, 0.717) is 31.5 Å². The molecule has 33 heavy (non-hydrogen) atoms. The molecule has 0 saturated heterocycles. The third-order valence-corrected chi connectivity index (χ3v) is 7.31. The summed E-state index contributed by atoms with van der Waals surface area (Å²) in [6.07, 6.45) is 2.12. The average Bonchev–Trinajstić information content (AvgIpc) is 3.21. The summed E-state index contributed by atoms with van der Waals surface area (Å²) in [4.78, 5) is 27.0. The predicted octanol–water partition coefficient (Wildman–Crippen LogP) is 3.88. The molecule has 2 aromatic carbocycles. The molecular formula is C25H33N3O4S. The van der Waals surface area contributed by atoms with E-state index in [-0.39, 0.29) is 22.6 Å². The van der Waals surface area contributed by atoms with Crippen molar-refractivity contribution in [3.8, 4) is 0 Å². The fourth-order valence-electron chi connectivity index (χ4n) is 4.10. The third kappa shape index (κ3) is 5.81. The number of para-hydroxylation sites is 1. The van der Waals surface area contributed by atoms with Gasteiger partial charge in [-0.1, -0.05) is 45.9 Å². The van der Waals surface area contributed by atoms with Crippen LogP contribution in [0.1, 0.15) is 51.7 Å². The van der Waals surface area contributed by atoms with Gasteiger partial charge in [0.25, 0.3) is 0 Å². The molecule has 0 spiro atoms. The van der Waals surface area contributed by atoms with E-state index in [4.69, 9.17) is 0 Å². The van der Waals surface area contributed by atoms with Crippen LogP contribution in [0, 0.1) is 5.92 Å². The number of anilines is 2. The summed E-state index contributed by atoms with van der Waals surface area (Å²) in [5.74, 6) is -0.254. The SMILES string of the molecule is CCC(=O)N1CCc2cc(S(=O)(=O)N[C@H](CC(C)C)C(=O)Nc3ccccc3CC)ccc21. The van der Waals surface area contributed by atoms with Gasteiger partial charge in [0.2, 0.25) is 21.8 Å². The Labute approximate surface area is 196 Å². The predicted molar refractivity (Wildman–Crippen MR) is 131 cm³/mol. The second kappa shape index (κ2) is 10.5. The van der Waals surface area contributed by atoms with Crippen molar-refractivity contribution in [2.45, 2.75) is 64.3 Å². The van der Waals surface area contributed by atoms with Crippen LogP contribution in [0.2, 0.25) is 0 Å². The lowest BCUT2D eigenvalue weighted by atomic mass is 10.0. The Balaban J connectivity index is 1.83. The van der Waals surface area contributed by atoms with Gasteiger partial charge in [0, 0.05) is 24.3 Å². The van der Waals surface area contributed by atoms with E-state index in [1.165, 1.54) is 6.07 Å². The summed E-state index contributed by atoms with van der Waals surface area (Å²) in [7, 11) is -3.94. The van der Waals surface area contributed by atoms with Gasteiger partial charge in [-0.15, -0.1) is 0 Å². The maximum absolute atomic E-state index is 13.2. The molecule has 2 N–H and O–H groups in total. The van der Waals surface area contributed by atoms with Crippen molar-refractivity contribution >= 4 is 33.2 Å². The summed E-state index contributed by atoms with van der Waals surface area (Å²) in [5.41, 5.74) is 3.26. The van der Waals surface area contributed by atoms with Crippen LogP contribution in [0.3, 0.4) is 0 Å². The molecule has 0 aliphatic carbocycles. The van der Waals surface area contributed by atoms with Crippen molar-refractivity contribution in [1.29, 1.82) is 0 Å². The van der Waals surface area contributed by atoms with Crippen molar-refractivity contribution in [3.05, 3.63) is 53.6 Å². The van der Waals surface area contributed by atoms with Crippen molar-refractivity contribution in [3.63, 3.8) is 0 Å². The van der Waals surface area contributed by atoms with Crippen molar-refractivity contribution in [2.75, 3.05) is 16.8 Å². The molecular weight excluding hydrogens is 438 g/mol. The number of nitrogens with one attached hydrogen (secondary N) is 2. The van der Waals surface area contributed by atoms with Gasteiger partial charge in [0.1, 0.15) is 6.04 Å². The standard InChI is InChI=1S/C25H33N3O4S/c1-5-18-9-7-8-10-21(18)26-25(30)22(15-17(3)4)27-33(31,32)20-11-12-23-19(16-20)13-14-28(23)24(29)6-2/h7-12,16-17,22,27H,5-6,13-15H2,1-4H3,(H,26,30)/t22-/m1/s1. The quantitative estimate of drug-likeness (QED) is 0.580. The number of carbonyl (C=O) groups excluding carboxylic acids is 2. The molecule has 0 saturated carbocycles. The number of aryl methyl sites for hydroxylation is 1. The first-order valence-electron chi connectivity index (χ1n) is 11.5. The minimum absolute atomic E-state index is 0.0171. The normalized spacial score (nSPS) is 14.3. The average molecular weight is 472 g/mol. The van der Waals surface area contributed by atoms with Crippen molar-refractivity contribution in [1.82, 2.24) is 4.72 Å². The smallest absolute Gasteiger partial charge is 0.242 e. The molecule has 0 radical (unpaired) electrons. The second-order valence-electron chi connectivity index (χ2n) is 8.74. The summed E-state index contributed by atoms with van der Waals surface area (Å²) < 4.78 is 29.0. The van der Waals surface area contributed by atoms with Crippen LogP contribution in [0.5, 0.6) is 0 Å². The highest BCUT2D eigenvalue weighted by molar-refractivity contribution is 7.89. The zero-order valence-electron chi connectivity index (χ0n) is 19.7. The van der Waals surface area contributed by atoms with E-state index in [1.807, 2.05) is 52.0 Å². The first-order valence-corrected chi connectivity index (χ1v) is 13.0. The van der Waals surface area contributed by atoms with Gasteiger partial charge in [-0.25, -0.2) is 8.42 Å². The van der Waals surface area contributed by atoms with Gasteiger partial charge in [0.05, 0.1) is 4.90 Å². The van der Waals surface area contributed by atoms with Crippen LogP contribution in [0.4, 0.5) is 11.4 Å². The molecule has 1 aliphatic heterocycles. The summed E-state index contributed by atoms with van der Waals surface area (Å²) in [6.45, 7) is 8.25. The zero-order valence-corrected chi connectivity index (χ0v) is 20.5. The molecule has 0 aromatic heterocycles. The topological polar surface area (TPSA) is 95.6 Å². The van der Waals surface area contributed by atoms with Gasteiger partial charge in [-0.05, 0) is 60.6 Å². The van der Waals surface area contributed by atoms with Crippen molar-refractivity contribution < 1.29 is 18.0 Å². The fourth-order valence-corrected chi connectivity index (χ4v) is 5.36. The molecule has 7 nitrogen and oxygen atoms in total. The number of sulfonamides is 1. The number of amides is 2. The van der Waals surface area contributed by atoms with E-state index >= 15 is 0 Å². The lowest BCUT2D eigenvalue weighted by Gasteiger charge is -2.21. The molecule has 1 atom stereocenters. The van der Waals surface area contributed by atoms with E-state index in [9.17, 15) is 18.0 Å². The van der Waals surface area contributed by atoms with Crippen LogP contribution >= 0.6 is 0 Å². The Morgan fingerprint density at radius 3 is 2.48 bits per heavy atom. The minimum Gasteiger partial charge on any atom is -0.324 e. The number of benzene rings is 2. The minimum atomic E-state index is -3.94. The van der Waals surface area contributed by atoms with E-state index in [0.717, 1.165) is 23.2 Å². The van der Waals surface area contributed by atoms with Crippen LogP contribution in [-0.2, 0) is 32.5 Å². The fraction of sp³-hybridized carbons (Fsp3) is 0.440. The summed E-state index contributed by atoms with van der Waals surface area (Å²) in [5, 5.41) is 2.90. The molecule has 8 heteroatoms. The Bertz CT molecular complexity index is 1130. The molecule has 0 bridgehead atoms. The molecule has 1 aliphatic rings. The molecule has 2 aromatic rings. The van der Waals surface area contributed by atoms with Crippen molar-refractivity contribution in [2.24, 2.45) is 5.92 Å². The Kier molecular flexibility index (Phi) is 7.92. The second-order valence-corrected chi connectivity index (χ2v) is 10.5. The molecule has 0 fully saturated rings. The maximum Gasteiger partial charge on any atom is 0.242 e. The number of fused-ring (bicyclic) bond motifs is 1. The van der Waals surface area contributed by atoms with Gasteiger partial charge < -0.3 is 10.2 Å². The highest BCUT2D eigenvalue weighted by Crippen LogP contribution is 2.31. The zero-order chi connectivity index (χ0) is 24.2. The Morgan fingerprint density at radius 2 is 1.82 bits per heavy atom. The number of nitrogens with zero attached hydrogens (tertiary/aromatic N) is 1. The van der Waals surface area contributed by atoms with E-state index in [1.54, 1.807) is 17.0 Å². The molecule has 3 rings (SSSR count). The molecule has 2 amide bonds. The van der Waals surface area contributed by atoms with Crippen LogP contribution in [0.25, 0.3) is 0 Å². The number of hydrogen-bond acceptors (Lipinski definition) is 4. The van der Waals surface area contributed by atoms with E-state index in [2.05, 4.69) is 10.0 Å². The highest BCUT2D eigenvalue weighted by atomic mass is 32.2. The Morgan fingerprint density at radius 1 is 1.09 bits per heavy atom. The monoisotopic (exact) mass is 471 g/mol. The molecule has 178 valence electrons. The summed E-state index contributed by atoms with van der Waals surface area (Å²) >= 11 is 0. The number of rotatable bonds is 9. The van der Waals surface area contributed by atoms with Crippen LogP contribution in [0.15, 0.2) is 47.4 Å². The summed E-state index contributed by atoms with van der Waals surface area (Å²) in [6, 6.07) is 11.4. The largest absolute Gasteiger partial charge is 0.324 e. The van der Waals surface area contributed by atoms with E-state index < -0.39 is 16.1 Å². The van der Waals surface area contributed by atoms with Gasteiger partial charge in [-0.2, -0.15) is 4.72 Å². The lowest BCUT2D eigenvalue weighted by Crippen LogP contribution is -2.44. The first kappa shape index (κ1) is 24.9. The molecule has 0 unspecified atom stereocenters. The number of carbonyl (C=O) groups is 2. The van der Waals surface area contributed by atoms with Gasteiger partial charge in [0.15, 0.2) is 0 Å². The molecule has 1 heterocycles. The van der Waals surface area contributed by atoms with Crippen LogP contribution in [-0.4, -0.2) is 32.8 Å². The lowest BCUT2D eigenvalue weighted by molar-refractivity contribution is -0.118. The first-order chi connectivity index (χ1) is 15.7. The maximum atomic E-state index is 13.2.